The fourth-order valence-electron chi connectivity index (χ4n) is 3.75. The summed E-state index contributed by atoms with van der Waals surface area (Å²) >= 11 is 0. The predicted octanol–water partition coefficient (Wildman–Crippen LogP) is 2.92. The summed E-state index contributed by atoms with van der Waals surface area (Å²) in [7, 11) is 0.610. The molecule has 0 unspecified atom stereocenters. The molecular formula is C23H31N3O3S. The van der Waals surface area contributed by atoms with Gasteiger partial charge in [0, 0.05) is 45.3 Å². The normalized spacial score (nSPS) is 15.7. The lowest BCUT2D eigenvalue weighted by molar-refractivity contribution is -0.126. The molecule has 162 valence electrons. The molecule has 0 spiro atoms. The van der Waals surface area contributed by atoms with Crippen LogP contribution in [-0.4, -0.2) is 45.8 Å². The van der Waals surface area contributed by atoms with E-state index in [0.717, 1.165) is 22.4 Å². The summed E-state index contributed by atoms with van der Waals surface area (Å²) in [5.74, 6) is -0.132. The zero-order valence-electron chi connectivity index (χ0n) is 18.0. The molecule has 1 fully saturated rings. The second kappa shape index (κ2) is 9.62. The molecule has 1 aliphatic heterocycles. The molecule has 6 nitrogen and oxygen atoms in total. The number of piperidine rings is 1. The molecule has 1 aliphatic rings. The summed E-state index contributed by atoms with van der Waals surface area (Å²) in [4.78, 5) is 14.6. The summed E-state index contributed by atoms with van der Waals surface area (Å²) in [6.07, 6.45) is 1.11. The Bertz CT molecular complexity index is 963. The van der Waals surface area contributed by atoms with Crippen LogP contribution in [0.3, 0.4) is 0 Å². The lowest BCUT2D eigenvalue weighted by Gasteiger charge is -2.30. The number of sulfonamides is 1. The van der Waals surface area contributed by atoms with Gasteiger partial charge in [0.05, 0.1) is 5.75 Å². The molecule has 1 heterocycles. The fourth-order valence-corrected chi connectivity index (χ4v) is 5.30. The van der Waals surface area contributed by atoms with Crippen molar-refractivity contribution in [3.8, 4) is 0 Å². The highest BCUT2D eigenvalue weighted by atomic mass is 32.2. The largest absolute Gasteiger partial charge is 0.378 e. The van der Waals surface area contributed by atoms with Crippen LogP contribution in [0, 0.1) is 12.8 Å². The van der Waals surface area contributed by atoms with E-state index in [-0.39, 0.29) is 17.6 Å². The zero-order chi connectivity index (χ0) is 21.7. The minimum atomic E-state index is -3.37. The molecule has 0 atom stereocenters. The number of rotatable bonds is 7. The van der Waals surface area contributed by atoms with Gasteiger partial charge in [-0.3, -0.25) is 4.79 Å². The topological polar surface area (TPSA) is 69.7 Å². The first kappa shape index (κ1) is 22.3. The van der Waals surface area contributed by atoms with Crippen molar-refractivity contribution >= 4 is 21.6 Å². The van der Waals surface area contributed by atoms with Crippen LogP contribution >= 0.6 is 0 Å². The van der Waals surface area contributed by atoms with Gasteiger partial charge in [0.1, 0.15) is 0 Å². The van der Waals surface area contributed by atoms with Crippen LogP contribution in [0.25, 0.3) is 0 Å². The minimum absolute atomic E-state index is 0.00224. The van der Waals surface area contributed by atoms with E-state index in [1.807, 2.05) is 74.4 Å². The second-order valence-corrected chi connectivity index (χ2v) is 10.2. The summed E-state index contributed by atoms with van der Waals surface area (Å²) in [6.45, 7) is 3.22. The Hall–Kier alpha value is -2.38. The highest BCUT2D eigenvalue weighted by Crippen LogP contribution is 2.22. The van der Waals surface area contributed by atoms with Gasteiger partial charge in [0.25, 0.3) is 0 Å². The van der Waals surface area contributed by atoms with Gasteiger partial charge < -0.3 is 10.2 Å². The molecule has 2 aromatic rings. The Morgan fingerprint density at radius 2 is 1.73 bits per heavy atom. The van der Waals surface area contributed by atoms with E-state index < -0.39 is 10.0 Å². The van der Waals surface area contributed by atoms with E-state index in [1.165, 1.54) is 4.31 Å². The van der Waals surface area contributed by atoms with E-state index >= 15 is 0 Å². The van der Waals surface area contributed by atoms with Gasteiger partial charge in [-0.25, -0.2) is 12.7 Å². The maximum atomic E-state index is 12.8. The number of anilines is 1. The van der Waals surface area contributed by atoms with E-state index in [1.54, 1.807) is 0 Å². The van der Waals surface area contributed by atoms with Gasteiger partial charge in [-0.2, -0.15) is 0 Å². The predicted molar refractivity (Wildman–Crippen MR) is 121 cm³/mol. The summed E-state index contributed by atoms with van der Waals surface area (Å²) in [5.41, 5.74) is 4.01. The van der Waals surface area contributed by atoms with Crippen LogP contribution in [-0.2, 0) is 27.1 Å². The number of hydrogen-bond donors (Lipinski definition) is 1. The average Bonchev–Trinajstić information content (AvgIpc) is 2.72. The van der Waals surface area contributed by atoms with Crippen LogP contribution < -0.4 is 10.2 Å². The molecular weight excluding hydrogens is 398 g/mol. The van der Waals surface area contributed by atoms with E-state index in [2.05, 4.69) is 5.32 Å². The van der Waals surface area contributed by atoms with Crippen molar-refractivity contribution in [3.63, 3.8) is 0 Å². The Labute approximate surface area is 179 Å². The first-order valence-electron chi connectivity index (χ1n) is 10.3. The first-order valence-corrected chi connectivity index (χ1v) is 11.9. The lowest BCUT2D eigenvalue weighted by Crippen LogP contribution is -2.43. The summed E-state index contributed by atoms with van der Waals surface area (Å²) in [6, 6.07) is 15.7. The Kier molecular flexibility index (Phi) is 7.15. The van der Waals surface area contributed by atoms with Crippen LogP contribution in [0.2, 0.25) is 0 Å². The molecule has 3 rings (SSSR count). The molecule has 1 amide bonds. The maximum Gasteiger partial charge on any atom is 0.223 e. The number of carbonyl (C=O) groups is 1. The third-order valence-corrected chi connectivity index (χ3v) is 7.42. The number of carbonyl (C=O) groups excluding carboxylic acids is 1. The van der Waals surface area contributed by atoms with Crippen molar-refractivity contribution in [2.75, 3.05) is 32.1 Å². The fraction of sp³-hybridized carbons (Fsp3) is 0.435. The van der Waals surface area contributed by atoms with Crippen molar-refractivity contribution in [1.29, 1.82) is 0 Å². The van der Waals surface area contributed by atoms with Crippen molar-refractivity contribution in [3.05, 3.63) is 65.2 Å². The smallest absolute Gasteiger partial charge is 0.223 e. The average molecular weight is 430 g/mol. The van der Waals surface area contributed by atoms with Gasteiger partial charge in [0.2, 0.25) is 15.9 Å². The van der Waals surface area contributed by atoms with Crippen molar-refractivity contribution in [2.45, 2.75) is 32.1 Å². The van der Waals surface area contributed by atoms with Gasteiger partial charge in [-0.15, -0.1) is 0 Å². The van der Waals surface area contributed by atoms with Gasteiger partial charge in [-0.1, -0.05) is 42.0 Å². The van der Waals surface area contributed by atoms with Crippen molar-refractivity contribution in [2.24, 2.45) is 5.92 Å². The van der Waals surface area contributed by atoms with Gasteiger partial charge >= 0.3 is 0 Å². The third kappa shape index (κ3) is 5.83. The highest BCUT2D eigenvalue weighted by Gasteiger charge is 2.31. The maximum absolute atomic E-state index is 12.8. The minimum Gasteiger partial charge on any atom is -0.378 e. The molecule has 0 saturated carbocycles. The second-order valence-electron chi connectivity index (χ2n) is 8.20. The first-order chi connectivity index (χ1) is 14.2. The molecule has 2 aromatic carbocycles. The van der Waals surface area contributed by atoms with Gasteiger partial charge in [-0.05, 0) is 43.0 Å². The molecule has 0 aliphatic carbocycles. The van der Waals surface area contributed by atoms with Crippen LogP contribution in [0.15, 0.2) is 48.5 Å². The summed E-state index contributed by atoms with van der Waals surface area (Å²) < 4.78 is 27.0. The lowest BCUT2D eigenvalue weighted by atomic mass is 9.97. The zero-order valence-corrected chi connectivity index (χ0v) is 18.8. The number of benzene rings is 2. The molecule has 0 bridgehead atoms. The molecule has 0 aromatic heterocycles. The van der Waals surface area contributed by atoms with Crippen LogP contribution in [0.4, 0.5) is 5.69 Å². The Balaban J connectivity index is 1.48. The SMILES string of the molecule is Cc1cccc(CS(=O)(=O)N2CCC(C(=O)NCc3ccc(N(C)C)cc3)CC2)c1. The van der Waals surface area contributed by atoms with E-state index in [0.29, 0.717) is 32.5 Å². The molecule has 30 heavy (non-hydrogen) atoms. The number of aryl methyl sites for hydroxylation is 1. The molecule has 7 heteroatoms. The van der Waals surface area contributed by atoms with Crippen LogP contribution in [0.5, 0.6) is 0 Å². The van der Waals surface area contributed by atoms with E-state index in [9.17, 15) is 13.2 Å². The molecule has 0 radical (unpaired) electrons. The molecule has 1 saturated heterocycles. The number of hydrogen-bond acceptors (Lipinski definition) is 4. The standard InChI is InChI=1S/C23H31N3O3S/c1-18-5-4-6-20(15-18)17-30(28,29)26-13-11-21(12-14-26)23(27)24-16-19-7-9-22(10-8-19)25(2)3/h4-10,15,21H,11-14,16-17H2,1-3H3,(H,24,27). The third-order valence-electron chi connectivity index (χ3n) is 5.57. The Morgan fingerprint density at radius 3 is 2.33 bits per heavy atom. The quantitative estimate of drug-likeness (QED) is 0.735. The van der Waals surface area contributed by atoms with Crippen molar-refractivity contribution < 1.29 is 13.2 Å². The number of nitrogens with one attached hydrogen (secondary N) is 1. The van der Waals surface area contributed by atoms with E-state index in [4.69, 9.17) is 0 Å². The Morgan fingerprint density at radius 1 is 1.07 bits per heavy atom. The highest BCUT2D eigenvalue weighted by molar-refractivity contribution is 7.88. The van der Waals surface area contributed by atoms with Crippen molar-refractivity contribution in [1.82, 2.24) is 9.62 Å². The van der Waals surface area contributed by atoms with Crippen LogP contribution in [0.1, 0.15) is 29.5 Å². The molecule has 1 N–H and O–H groups in total. The monoisotopic (exact) mass is 429 g/mol. The summed E-state index contributed by atoms with van der Waals surface area (Å²) in [5, 5.41) is 3.00. The number of nitrogens with zero attached hydrogens (tertiary/aromatic N) is 2. The number of amides is 1. The van der Waals surface area contributed by atoms with Gasteiger partial charge in [0.15, 0.2) is 0 Å².